The van der Waals surface area contributed by atoms with Crippen LogP contribution in [0, 0.1) is 11.6 Å². The van der Waals surface area contributed by atoms with Gasteiger partial charge in [-0.1, -0.05) is 25.1 Å². The van der Waals surface area contributed by atoms with Crippen molar-refractivity contribution in [1.82, 2.24) is 9.55 Å². The Hall–Kier alpha value is -2.81. The van der Waals surface area contributed by atoms with E-state index in [0.29, 0.717) is 10.8 Å². The third-order valence-corrected chi connectivity index (χ3v) is 3.08. The van der Waals surface area contributed by atoms with Crippen LogP contribution in [0.4, 0.5) is 8.78 Å². The van der Waals surface area contributed by atoms with E-state index in [9.17, 15) is 23.2 Å². The molecule has 1 N–H and O–H groups in total. The van der Waals surface area contributed by atoms with E-state index in [0.717, 1.165) is 6.07 Å². The van der Waals surface area contributed by atoms with Crippen molar-refractivity contribution >= 4 is 5.97 Å². The Kier molecular flexibility index (Phi) is 5.59. The summed E-state index contributed by atoms with van der Waals surface area (Å²) in [5.41, 5.74) is -2.31. The average molecular weight is 340 g/mol. The van der Waals surface area contributed by atoms with Crippen LogP contribution in [0.15, 0.2) is 40.1 Å². The fraction of sp³-hybridized carbons (Fsp3) is 0.267. The standard InChI is InChI=1S/C15H14F2N2O5/c1-2-12(20)23-8-24-14(9-5-3-4-6-10(9)16)19-7-11(17)13(21)18-15(19)22/h3-7,14H,2,8H2,1H3,(H,18,21,22). The van der Waals surface area contributed by atoms with Gasteiger partial charge in [-0.3, -0.25) is 19.1 Å². The lowest BCUT2D eigenvalue weighted by Crippen LogP contribution is -2.35. The van der Waals surface area contributed by atoms with Crippen molar-refractivity contribution in [3.63, 3.8) is 0 Å². The number of hydrogen-bond acceptors (Lipinski definition) is 5. The summed E-state index contributed by atoms with van der Waals surface area (Å²) >= 11 is 0. The second-order valence-corrected chi connectivity index (χ2v) is 4.67. The van der Waals surface area contributed by atoms with E-state index < -0.39 is 41.9 Å². The first kappa shape index (κ1) is 17.5. The fourth-order valence-corrected chi connectivity index (χ4v) is 1.90. The molecule has 0 aliphatic heterocycles. The minimum absolute atomic E-state index is 0.0982. The number of hydrogen-bond donors (Lipinski definition) is 1. The molecule has 2 aromatic rings. The van der Waals surface area contributed by atoms with E-state index in [4.69, 9.17) is 9.47 Å². The lowest BCUT2D eigenvalue weighted by atomic mass is 10.2. The van der Waals surface area contributed by atoms with Gasteiger partial charge >= 0.3 is 11.7 Å². The summed E-state index contributed by atoms with van der Waals surface area (Å²) in [5.74, 6) is -2.53. The van der Waals surface area contributed by atoms with Gasteiger partial charge in [0, 0.05) is 12.0 Å². The first-order valence-electron chi connectivity index (χ1n) is 6.96. The summed E-state index contributed by atoms with van der Waals surface area (Å²) < 4.78 is 38.2. The Morgan fingerprint density at radius 3 is 2.62 bits per heavy atom. The Balaban J connectivity index is 2.42. The Morgan fingerprint density at radius 2 is 1.96 bits per heavy atom. The summed E-state index contributed by atoms with van der Waals surface area (Å²) in [5, 5.41) is 0. The topological polar surface area (TPSA) is 90.4 Å². The molecule has 0 saturated heterocycles. The van der Waals surface area contributed by atoms with Crippen LogP contribution in [0.25, 0.3) is 0 Å². The van der Waals surface area contributed by atoms with Gasteiger partial charge in [0.1, 0.15) is 5.82 Å². The highest BCUT2D eigenvalue weighted by molar-refractivity contribution is 5.68. The summed E-state index contributed by atoms with van der Waals surface area (Å²) in [6, 6.07) is 5.34. The van der Waals surface area contributed by atoms with E-state index in [2.05, 4.69) is 0 Å². The van der Waals surface area contributed by atoms with Gasteiger partial charge in [0.2, 0.25) is 5.82 Å². The Morgan fingerprint density at radius 1 is 1.25 bits per heavy atom. The van der Waals surface area contributed by atoms with Crippen molar-refractivity contribution in [2.75, 3.05) is 6.79 Å². The number of nitrogens with zero attached hydrogens (tertiary/aromatic N) is 1. The maximum absolute atomic E-state index is 14.0. The fourth-order valence-electron chi connectivity index (χ4n) is 1.90. The maximum Gasteiger partial charge on any atom is 0.330 e. The van der Waals surface area contributed by atoms with Gasteiger partial charge in [-0.25, -0.2) is 9.18 Å². The highest BCUT2D eigenvalue weighted by Gasteiger charge is 2.21. The molecule has 24 heavy (non-hydrogen) atoms. The average Bonchev–Trinajstić information content (AvgIpc) is 2.56. The molecule has 1 heterocycles. The van der Waals surface area contributed by atoms with Crippen molar-refractivity contribution in [3.8, 4) is 0 Å². The normalized spacial score (nSPS) is 12.0. The van der Waals surface area contributed by atoms with Gasteiger partial charge < -0.3 is 9.47 Å². The highest BCUT2D eigenvalue weighted by Crippen LogP contribution is 2.21. The molecular weight excluding hydrogens is 326 g/mol. The quantitative estimate of drug-likeness (QED) is 0.632. The molecule has 0 bridgehead atoms. The van der Waals surface area contributed by atoms with Crippen LogP contribution in [0.2, 0.25) is 0 Å². The highest BCUT2D eigenvalue weighted by atomic mass is 19.1. The molecule has 128 valence electrons. The number of ether oxygens (including phenoxy) is 2. The minimum atomic E-state index is -1.44. The largest absolute Gasteiger partial charge is 0.438 e. The van der Waals surface area contributed by atoms with Crippen molar-refractivity contribution < 1.29 is 23.0 Å². The molecular formula is C15H14F2N2O5. The molecule has 0 saturated carbocycles. The number of aromatic nitrogens is 2. The van der Waals surface area contributed by atoms with Crippen molar-refractivity contribution in [2.24, 2.45) is 0 Å². The number of carbonyl (C=O) groups excluding carboxylic acids is 1. The Bertz CT molecular complexity index is 846. The summed E-state index contributed by atoms with van der Waals surface area (Å²) in [4.78, 5) is 35.9. The van der Waals surface area contributed by atoms with Crippen LogP contribution in [0.5, 0.6) is 0 Å². The van der Waals surface area contributed by atoms with E-state index in [-0.39, 0.29) is 12.0 Å². The van der Waals surface area contributed by atoms with Gasteiger partial charge in [-0.2, -0.15) is 4.39 Å². The van der Waals surface area contributed by atoms with Crippen LogP contribution in [0.3, 0.4) is 0 Å². The van der Waals surface area contributed by atoms with Gasteiger partial charge in [0.25, 0.3) is 5.56 Å². The molecule has 1 atom stereocenters. The maximum atomic E-state index is 14.0. The number of carbonyl (C=O) groups is 1. The van der Waals surface area contributed by atoms with E-state index in [1.54, 1.807) is 11.9 Å². The molecule has 1 unspecified atom stereocenters. The molecule has 2 rings (SSSR count). The van der Waals surface area contributed by atoms with Crippen LogP contribution >= 0.6 is 0 Å². The van der Waals surface area contributed by atoms with Gasteiger partial charge in [-0.15, -0.1) is 0 Å². The second-order valence-electron chi connectivity index (χ2n) is 4.67. The number of aromatic amines is 1. The summed E-state index contributed by atoms with van der Waals surface area (Å²) in [6.45, 7) is 0.983. The summed E-state index contributed by atoms with van der Waals surface area (Å²) in [6.07, 6.45) is -0.740. The van der Waals surface area contributed by atoms with Crippen LogP contribution in [0.1, 0.15) is 25.1 Å². The van der Waals surface area contributed by atoms with E-state index in [1.807, 2.05) is 0 Å². The van der Waals surface area contributed by atoms with Crippen molar-refractivity contribution in [3.05, 3.63) is 68.5 Å². The number of halogens is 2. The summed E-state index contributed by atoms with van der Waals surface area (Å²) in [7, 11) is 0. The molecule has 7 nitrogen and oxygen atoms in total. The third kappa shape index (κ3) is 3.93. The van der Waals surface area contributed by atoms with E-state index >= 15 is 0 Å². The van der Waals surface area contributed by atoms with Gasteiger partial charge in [-0.05, 0) is 6.07 Å². The lowest BCUT2D eigenvalue weighted by Gasteiger charge is -2.20. The third-order valence-electron chi connectivity index (χ3n) is 3.08. The molecule has 0 radical (unpaired) electrons. The minimum Gasteiger partial charge on any atom is -0.438 e. The molecule has 0 amide bonds. The molecule has 9 heteroatoms. The predicted molar refractivity (Wildman–Crippen MR) is 78.2 cm³/mol. The van der Waals surface area contributed by atoms with Crippen molar-refractivity contribution in [1.29, 1.82) is 0 Å². The zero-order valence-electron chi connectivity index (χ0n) is 12.6. The molecule has 0 aliphatic rings. The molecule has 1 aromatic heterocycles. The van der Waals surface area contributed by atoms with Crippen molar-refractivity contribution in [2.45, 2.75) is 19.6 Å². The first-order valence-corrected chi connectivity index (χ1v) is 6.96. The molecule has 0 aliphatic carbocycles. The zero-order chi connectivity index (χ0) is 17.7. The first-order chi connectivity index (χ1) is 11.4. The lowest BCUT2D eigenvalue weighted by molar-refractivity contribution is -0.162. The zero-order valence-corrected chi connectivity index (χ0v) is 12.6. The molecule has 1 aromatic carbocycles. The number of nitrogens with one attached hydrogen (secondary N) is 1. The van der Waals surface area contributed by atoms with Crippen LogP contribution < -0.4 is 11.2 Å². The van der Waals surface area contributed by atoms with Gasteiger partial charge in [0.05, 0.1) is 6.20 Å². The SMILES string of the molecule is CCC(=O)OCOC(c1ccccc1F)n1cc(F)c(=O)[nH]c1=O. The smallest absolute Gasteiger partial charge is 0.330 e. The molecule has 0 spiro atoms. The number of benzene rings is 1. The van der Waals surface area contributed by atoms with Gasteiger partial charge in [0.15, 0.2) is 13.0 Å². The second kappa shape index (κ2) is 7.64. The monoisotopic (exact) mass is 340 g/mol. The number of esters is 1. The van der Waals surface area contributed by atoms with E-state index in [1.165, 1.54) is 18.2 Å². The number of H-pyrrole nitrogens is 1. The Labute approximate surface area is 134 Å². The van der Waals surface area contributed by atoms with Crippen LogP contribution in [-0.4, -0.2) is 22.3 Å². The predicted octanol–water partition coefficient (Wildman–Crippen LogP) is 1.29. The number of rotatable bonds is 6. The van der Waals surface area contributed by atoms with Crippen LogP contribution in [-0.2, 0) is 14.3 Å². The molecule has 0 fully saturated rings.